The maximum absolute atomic E-state index is 9.81. The van der Waals surface area contributed by atoms with Gasteiger partial charge >= 0.3 is 21.2 Å². The van der Waals surface area contributed by atoms with Gasteiger partial charge in [-0.2, -0.15) is 0 Å². The molecular formula is C46H38B3Cl3N6O8. The first kappa shape index (κ1) is 43.7. The first-order chi connectivity index (χ1) is 32.7. The van der Waals surface area contributed by atoms with Crippen LogP contribution in [0.2, 0.25) is 21.9 Å². The Kier molecular flexibility index (Phi) is 13.4. The summed E-state index contributed by atoms with van der Waals surface area (Å²) in [5, 5.41) is 20.3. The van der Waals surface area contributed by atoms with Crippen molar-refractivity contribution >= 4 is 89.4 Å². The van der Waals surface area contributed by atoms with Gasteiger partial charge < -0.3 is 38.2 Å². The second-order valence-electron chi connectivity index (χ2n) is 15.1. The maximum Gasteiger partial charge on any atom is 0.492 e. The molecule has 0 saturated heterocycles. The fourth-order valence-corrected chi connectivity index (χ4v) is 7.52. The van der Waals surface area contributed by atoms with Crippen LogP contribution < -0.4 is 30.6 Å². The number of nitrogens with zero attached hydrogens (tertiary/aromatic N) is 6. The van der Waals surface area contributed by atoms with Gasteiger partial charge in [0.1, 0.15) is 17.2 Å². The van der Waals surface area contributed by atoms with Crippen molar-refractivity contribution in [1.29, 1.82) is 0 Å². The average molecular weight is 945 g/mol. The van der Waals surface area contributed by atoms with Crippen molar-refractivity contribution in [3.63, 3.8) is 0 Å². The minimum Gasteiger partial charge on any atom is -0.438 e. The van der Waals surface area contributed by atoms with Crippen LogP contribution in [-0.2, 0) is 33.7 Å². The zero-order valence-electron chi connectivity index (χ0n) is 39.3. The van der Waals surface area contributed by atoms with E-state index in [1.54, 1.807) is 58.0 Å². The Morgan fingerprint density at radius 1 is 0.606 bits per heavy atom. The number of fused-ring (bicyclic) bond motifs is 3. The molecule has 6 aromatic rings. The summed E-state index contributed by atoms with van der Waals surface area (Å²) in [6.45, 7) is 31.1. The Morgan fingerprint density at radius 3 is 1.68 bits per heavy atom. The Labute approximate surface area is 402 Å². The molecule has 2 N–H and O–H groups in total. The molecule has 330 valence electrons. The highest BCUT2D eigenvalue weighted by Crippen LogP contribution is 2.37. The number of pyridine rings is 3. The second kappa shape index (κ2) is 20.2. The topological polar surface area (TPSA) is 148 Å². The molecule has 0 fully saturated rings. The number of benzene rings is 3. The van der Waals surface area contributed by atoms with E-state index < -0.39 is 34.0 Å². The lowest BCUT2D eigenvalue weighted by Gasteiger charge is -2.13. The quantitative estimate of drug-likeness (QED) is 0.122. The van der Waals surface area contributed by atoms with Crippen LogP contribution in [0.15, 0.2) is 54.6 Å². The van der Waals surface area contributed by atoms with E-state index in [1.807, 2.05) is 32.8 Å². The van der Waals surface area contributed by atoms with Gasteiger partial charge in [-0.05, 0) is 134 Å². The Balaban J connectivity index is 0.000000153. The molecule has 3 atom stereocenters. The van der Waals surface area contributed by atoms with E-state index in [0.717, 1.165) is 27.7 Å². The molecule has 0 amide bonds. The van der Waals surface area contributed by atoms with Crippen LogP contribution in [0.1, 0.15) is 54.6 Å². The third-order valence-corrected chi connectivity index (χ3v) is 11.4. The van der Waals surface area contributed by atoms with E-state index in [2.05, 4.69) is 29.5 Å². The van der Waals surface area contributed by atoms with Crippen molar-refractivity contribution in [2.45, 2.75) is 68.1 Å². The number of aromatic nitrogens is 3. The third-order valence-electron chi connectivity index (χ3n) is 10.6. The first-order valence-electron chi connectivity index (χ1n) is 21.6. The number of aryl methyl sites for hydroxylation is 5. The summed E-state index contributed by atoms with van der Waals surface area (Å²) >= 11 is 18.4. The van der Waals surface area contributed by atoms with E-state index in [-0.39, 0.29) is 39.6 Å². The van der Waals surface area contributed by atoms with Crippen LogP contribution in [0.5, 0.6) is 34.9 Å². The molecule has 3 unspecified atom stereocenters. The monoisotopic (exact) mass is 943 g/mol. The maximum atomic E-state index is 9.81. The van der Waals surface area contributed by atoms with Gasteiger partial charge in [-0.25, -0.2) is 29.5 Å². The molecule has 6 heterocycles. The molecule has 3 aromatic carbocycles. The molecule has 20 heteroatoms. The van der Waals surface area contributed by atoms with Gasteiger partial charge in [-0.15, -0.1) is 0 Å². The predicted octanol–water partition coefficient (Wildman–Crippen LogP) is 9.88. The minimum absolute atomic E-state index is 0.0952. The van der Waals surface area contributed by atoms with Gasteiger partial charge in [0.05, 0.1) is 58.6 Å². The standard InChI is InChI=1S/C16H14BClN2O2.2C15H12BClN2O3/c1-9-11-8-21-17(3)12(11)5-6-15(9)22-16-13(18)7-14(19-4)10(2)20-16;1-8-4-11-10(7-21-16(11)20)5-14(8)22-15-12(17)6-13(18-3)9(2)19-15;1-8-4-11(5-10-7-21-16(20)14(8)10)22-15-12(17)6-13(18-3)9(2)19-15/h5-7H,8H2,1-3H3;2*4-6,20H,7H2,1-2H3/i8D;2*7D. The van der Waals surface area contributed by atoms with Crippen LogP contribution >= 0.6 is 34.8 Å². The van der Waals surface area contributed by atoms with Gasteiger partial charge in [0.25, 0.3) is 0 Å². The van der Waals surface area contributed by atoms with Gasteiger partial charge in [0, 0.05) is 17.1 Å². The smallest absolute Gasteiger partial charge is 0.438 e. The molecule has 14 nitrogen and oxygen atoms in total. The van der Waals surface area contributed by atoms with Crippen LogP contribution in [0.25, 0.3) is 14.5 Å². The lowest BCUT2D eigenvalue weighted by Crippen LogP contribution is -2.30. The Bertz CT molecular complexity index is 3110. The highest BCUT2D eigenvalue weighted by Gasteiger charge is 2.31. The number of halogens is 3. The van der Waals surface area contributed by atoms with Gasteiger partial charge in [0.15, 0.2) is 0 Å². The van der Waals surface area contributed by atoms with Gasteiger partial charge in [0.2, 0.25) is 34.7 Å². The summed E-state index contributed by atoms with van der Waals surface area (Å²) < 4.78 is 56.7. The van der Waals surface area contributed by atoms with Crippen molar-refractivity contribution in [3.05, 3.63) is 154 Å². The van der Waals surface area contributed by atoms with Crippen molar-refractivity contribution in [3.8, 4) is 34.9 Å². The van der Waals surface area contributed by atoms with Gasteiger partial charge in [-0.3, -0.25) is 0 Å². The minimum atomic E-state index is -1.10. The lowest BCUT2D eigenvalue weighted by molar-refractivity contribution is 0.274. The molecule has 0 spiro atoms. The van der Waals surface area contributed by atoms with E-state index in [4.69, 9.17) is 86.8 Å². The van der Waals surface area contributed by atoms with Crippen molar-refractivity contribution in [2.75, 3.05) is 0 Å². The van der Waals surface area contributed by atoms with E-state index in [1.165, 1.54) is 12.1 Å². The normalized spacial score (nSPS) is 17.0. The third kappa shape index (κ3) is 10.1. The number of hydrogen-bond acceptors (Lipinski definition) is 11. The summed E-state index contributed by atoms with van der Waals surface area (Å²) in [6, 6.07) is 15.0. The molecule has 0 radical (unpaired) electrons. The fourth-order valence-electron chi connectivity index (χ4n) is 6.97. The Hall–Kier alpha value is -6.16. The summed E-state index contributed by atoms with van der Waals surface area (Å²) in [5.74, 6) is 2.15. The zero-order chi connectivity index (χ0) is 50.2. The van der Waals surface area contributed by atoms with E-state index in [9.17, 15) is 10.0 Å². The predicted molar refractivity (Wildman–Crippen MR) is 255 cm³/mol. The van der Waals surface area contributed by atoms with Crippen molar-refractivity contribution in [2.24, 2.45) is 0 Å². The number of hydrogen-bond donors (Lipinski definition) is 2. The molecule has 0 saturated carbocycles. The summed E-state index contributed by atoms with van der Waals surface area (Å²) in [5.41, 5.74) is 9.21. The molecular weight excluding hydrogens is 903 g/mol. The number of rotatable bonds is 6. The van der Waals surface area contributed by atoms with Crippen LogP contribution in [0.4, 0.5) is 17.1 Å². The van der Waals surface area contributed by atoms with Crippen LogP contribution in [0.3, 0.4) is 0 Å². The Morgan fingerprint density at radius 2 is 1.12 bits per heavy atom. The molecule has 66 heavy (non-hydrogen) atoms. The second-order valence-corrected chi connectivity index (χ2v) is 16.3. The SMILES string of the molecule is [2H]C1OB(C)c2ccc(Oc3nc(C)c([N+]#[C-])cc3Cl)c(C)c21.[2H]C1OB(O)c2c(C)cc(Oc3nc(C)c([N+]#[C-])cc3Cl)cc21.[2H]C1OB(O)c2cc(C)c(Oc3nc(C)c([N+]#[C-])cc3Cl)cc21. The van der Waals surface area contributed by atoms with Crippen LogP contribution in [-0.4, -0.2) is 46.2 Å². The molecule has 3 aliphatic heterocycles. The molecule has 3 aliphatic rings. The van der Waals surface area contributed by atoms with Gasteiger partial charge in [-0.1, -0.05) is 53.8 Å². The summed E-state index contributed by atoms with van der Waals surface area (Å²) in [6.07, 6.45) is 0. The zero-order valence-corrected chi connectivity index (χ0v) is 38.6. The fraction of sp³-hybridized carbons (Fsp3) is 0.217. The average Bonchev–Trinajstić information content (AvgIpc) is 3.87. The lowest BCUT2D eigenvalue weighted by atomic mass is 9.64. The summed E-state index contributed by atoms with van der Waals surface area (Å²) in [7, 11) is -2.19. The first-order valence-corrected chi connectivity index (χ1v) is 21.1. The van der Waals surface area contributed by atoms with E-state index in [0.29, 0.717) is 73.4 Å². The molecule has 9 rings (SSSR count). The van der Waals surface area contributed by atoms with E-state index >= 15 is 0 Å². The highest BCUT2D eigenvalue weighted by molar-refractivity contribution is 6.67. The van der Waals surface area contributed by atoms with Crippen LogP contribution in [0, 0.1) is 61.3 Å². The number of ether oxygens (including phenoxy) is 3. The molecule has 3 aromatic heterocycles. The molecule has 0 aliphatic carbocycles. The van der Waals surface area contributed by atoms with Crippen molar-refractivity contribution < 1.29 is 42.3 Å². The summed E-state index contributed by atoms with van der Waals surface area (Å²) in [4.78, 5) is 22.7. The molecule has 0 bridgehead atoms. The highest BCUT2D eigenvalue weighted by atomic mass is 35.5. The largest absolute Gasteiger partial charge is 0.492 e. The van der Waals surface area contributed by atoms with Crippen molar-refractivity contribution in [1.82, 2.24) is 15.0 Å².